The molecule has 2 heterocycles. The number of para-hydroxylation sites is 1. The number of halogens is 1. The van der Waals surface area contributed by atoms with Crippen LogP contribution in [0.25, 0.3) is 0 Å². The monoisotopic (exact) mass is 371 g/mol. The molecule has 0 atom stereocenters. The smallest absolute Gasteiger partial charge is 0.254 e. The van der Waals surface area contributed by atoms with Gasteiger partial charge in [0.2, 0.25) is 0 Å². The van der Waals surface area contributed by atoms with Crippen molar-refractivity contribution in [3.8, 4) is 0 Å². The zero-order chi connectivity index (χ0) is 19.1. The van der Waals surface area contributed by atoms with Crippen molar-refractivity contribution in [2.24, 2.45) is 0 Å². The van der Waals surface area contributed by atoms with Gasteiger partial charge in [-0.05, 0) is 37.2 Å². The highest BCUT2D eigenvalue weighted by Crippen LogP contribution is 2.20. The SMILES string of the molecule is CNC(=O)c1cccnc1NCCCN1CCN(c2ccccc2F)CC1. The second-order valence-corrected chi connectivity index (χ2v) is 6.54. The molecule has 0 spiro atoms. The summed E-state index contributed by atoms with van der Waals surface area (Å²) >= 11 is 0. The van der Waals surface area contributed by atoms with Crippen LogP contribution < -0.4 is 15.5 Å². The van der Waals surface area contributed by atoms with Gasteiger partial charge in [0, 0.05) is 46.0 Å². The molecule has 3 rings (SSSR count). The van der Waals surface area contributed by atoms with Crippen molar-refractivity contribution in [3.63, 3.8) is 0 Å². The molecule has 2 aromatic rings. The molecule has 0 bridgehead atoms. The minimum absolute atomic E-state index is 0.144. The second-order valence-electron chi connectivity index (χ2n) is 6.54. The molecule has 1 aliphatic rings. The predicted octanol–water partition coefficient (Wildman–Crippen LogP) is 2.20. The Morgan fingerprint density at radius 3 is 2.67 bits per heavy atom. The highest BCUT2D eigenvalue weighted by Gasteiger charge is 2.18. The van der Waals surface area contributed by atoms with Gasteiger partial charge in [0.1, 0.15) is 11.6 Å². The van der Waals surface area contributed by atoms with Crippen LogP contribution in [0.1, 0.15) is 16.8 Å². The Hall–Kier alpha value is -2.67. The van der Waals surface area contributed by atoms with Crippen molar-refractivity contribution in [2.75, 3.05) is 56.5 Å². The third-order valence-corrected chi connectivity index (χ3v) is 4.79. The Kier molecular flexibility index (Phi) is 6.59. The molecule has 2 N–H and O–H groups in total. The predicted molar refractivity (Wildman–Crippen MR) is 106 cm³/mol. The number of carbonyl (C=O) groups is 1. The maximum Gasteiger partial charge on any atom is 0.254 e. The van der Waals surface area contributed by atoms with Gasteiger partial charge in [-0.1, -0.05) is 12.1 Å². The first-order valence-corrected chi connectivity index (χ1v) is 9.32. The fraction of sp³-hybridized carbons (Fsp3) is 0.400. The Morgan fingerprint density at radius 1 is 1.15 bits per heavy atom. The summed E-state index contributed by atoms with van der Waals surface area (Å²) in [6, 6.07) is 10.5. The molecule has 1 amide bonds. The first-order chi connectivity index (χ1) is 13.2. The van der Waals surface area contributed by atoms with Gasteiger partial charge in [0.15, 0.2) is 0 Å². The van der Waals surface area contributed by atoms with E-state index in [0.717, 1.165) is 45.7 Å². The average Bonchev–Trinajstić information content (AvgIpc) is 2.72. The third-order valence-electron chi connectivity index (χ3n) is 4.79. The summed E-state index contributed by atoms with van der Waals surface area (Å²) in [5.74, 6) is 0.313. The molecule has 1 aromatic heterocycles. The number of hydrogen-bond acceptors (Lipinski definition) is 5. The van der Waals surface area contributed by atoms with E-state index in [1.165, 1.54) is 6.07 Å². The highest BCUT2D eigenvalue weighted by molar-refractivity contribution is 5.98. The lowest BCUT2D eigenvalue weighted by Gasteiger charge is -2.36. The van der Waals surface area contributed by atoms with E-state index in [4.69, 9.17) is 0 Å². The first-order valence-electron chi connectivity index (χ1n) is 9.32. The van der Waals surface area contributed by atoms with Crippen LogP contribution in [0.5, 0.6) is 0 Å². The fourth-order valence-electron chi connectivity index (χ4n) is 3.29. The van der Waals surface area contributed by atoms with Gasteiger partial charge in [-0.15, -0.1) is 0 Å². The number of amides is 1. The summed E-state index contributed by atoms with van der Waals surface area (Å²) in [7, 11) is 1.61. The lowest BCUT2D eigenvalue weighted by Crippen LogP contribution is -2.47. The fourth-order valence-corrected chi connectivity index (χ4v) is 3.29. The molecule has 27 heavy (non-hydrogen) atoms. The van der Waals surface area contributed by atoms with Crippen molar-refractivity contribution in [1.29, 1.82) is 0 Å². The molecule has 0 radical (unpaired) electrons. The van der Waals surface area contributed by atoms with Gasteiger partial charge in [0.25, 0.3) is 5.91 Å². The van der Waals surface area contributed by atoms with Gasteiger partial charge in [-0.3, -0.25) is 9.69 Å². The van der Waals surface area contributed by atoms with Gasteiger partial charge in [-0.2, -0.15) is 0 Å². The first kappa shape index (κ1) is 19.1. The summed E-state index contributed by atoms with van der Waals surface area (Å²) in [5, 5.41) is 5.88. The molecule has 7 heteroatoms. The normalized spacial score (nSPS) is 14.8. The van der Waals surface area contributed by atoms with Gasteiger partial charge >= 0.3 is 0 Å². The van der Waals surface area contributed by atoms with Crippen LogP contribution in [0, 0.1) is 5.82 Å². The van der Waals surface area contributed by atoms with Gasteiger partial charge in [-0.25, -0.2) is 9.37 Å². The van der Waals surface area contributed by atoms with Crippen LogP contribution in [0.2, 0.25) is 0 Å². The molecule has 144 valence electrons. The second kappa shape index (κ2) is 9.32. The van der Waals surface area contributed by atoms with Crippen molar-refractivity contribution < 1.29 is 9.18 Å². The van der Waals surface area contributed by atoms with Crippen LogP contribution >= 0.6 is 0 Å². The molecule has 6 nitrogen and oxygen atoms in total. The molecule has 1 saturated heterocycles. The maximum atomic E-state index is 13.9. The van der Waals surface area contributed by atoms with E-state index >= 15 is 0 Å². The number of piperazine rings is 1. The quantitative estimate of drug-likeness (QED) is 0.731. The van der Waals surface area contributed by atoms with Crippen molar-refractivity contribution in [3.05, 3.63) is 54.0 Å². The van der Waals surface area contributed by atoms with Gasteiger partial charge < -0.3 is 15.5 Å². The lowest BCUT2D eigenvalue weighted by atomic mass is 10.2. The van der Waals surface area contributed by atoms with E-state index in [-0.39, 0.29) is 11.7 Å². The molecule has 1 aromatic carbocycles. The largest absolute Gasteiger partial charge is 0.369 e. The Balaban J connectivity index is 1.41. The summed E-state index contributed by atoms with van der Waals surface area (Å²) < 4.78 is 13.9. The number of hydrogen-bond donors (Lipinski definition) is 2. The van der Waals surface area contributed by atoms with Gasteiger partial charge in [0.05, 0.1) is 11.3 Å². The van der Waals surface area contributed by atoms with Crippen LogP contribution in [0.15, 0.2) is 42.6 Å². The topological polar surface area (TPSA) is 60.5 Å². The van der Waals surface area contributed by atoms with Crippen molar-refractivity contribution >= 4 is 17.4 Å². The Morgan fingerprint density at radius 2 is 1.93 bits per heavy atom. The Labute approximate surface area is 159 Å². The van der Waals surface area contributed by atoms with Crippen LogP contribution in [0.4, 0.5) is 15.9 Å². The third kappa shape index (κ3) is 4.95. The van der Waals surface area contributed by atoms with E-state index in [1.54, 1.807) is 31.4 Å². The number of nitrogens with zero attached hydrogens (tertiary/aromatic N) is 3. The number of carbonyl (C=O) groups excluding carboxylic acids is 1. The minimum Gasteiger partial charge on any atom is -0.369 e. The number of aromatic nitrogens is 1. The summed E-state index contributed by atoms with van der Waals surface area (Å²) in [6.45, 7) is 5.20. The lowest BCUT2D eigenvalue weighted by molar-refractivity contribution is 0.0963. The standard InChI is InChI=1S/C20H26FN5O/c1-22-20(27)16-6-4-9-23-19(16)24-10-5-11-25-12-14-26(15-13-25)18-8-3-2-7-17(18)21/h2-4,6-9H,5,10-15H2,1H3,(H,22,27)(H,23,24). The summed E-state index contributed by atoms with van der Waals surface area (Å²) in [6.07, 6.45) is 2.63. The average molecular weight is 371 g/mol. The summed E-state index contributed by atoms with van der Waals surface area (Å²) in [5.41, 5.74) is 1.24. The molecular formula is C20H26FN5O. The summed E-state index contributed by atoms with van der Waals surface area (Å²) in [4.78, 5) is 20.6. The van der Waals surface area contributed by atoms with Crippen molar-refractivity contribution in [2.45, 2.75) is 6.42 Å². The van der Waals surface area contributed by atoms with E-state index < -0.39 is 0 Å². The van der Waals surface area contributed by atoms with Crippen LogP contribution in [-0.2, 0) is 0 Å². The number of pyridine rings is 1. The molecule has 0 unspecified atom stereocenters. The molecule has 1 fully saturated rings. The molecule has 0 saturated carbocycles. The highest BCUT2D eigenvalue weighted by atomic mass is 19.1. The van der Waals surface area contributed by atoms with E-state index in [1.807, 2.05) is 12.1 Å². The van der Waals surface area contributed by atoms with E-state index in [2.05, 4.69) is 25.4 Å². The van der Waals surface area contributed by atoms with Crippen molar-refractivity contribution in [1.82, 2.24) is 15.2 Å². The maximum absolute atomic E-state index is 13.9. The number of benzene rings is 1. The van der Waals surface area contributed by atoms with E-state index in [9.17, 15) is 9.18 Å². The zero-order valence-electron chi connectivity index (χ0n) is 15.6. The number of rotatable bonds is 7. The molecular weight excluding hydrogens is 345 g/mol. The molecule has 0 aliphatic carbocycles. The minimum atomic E-state index is -0.155. The number of nitrogens with one attached hydrogen (secondary N) is 2. The molecule has 1 aliphatic heterocycles. The Bertz CT molecular complexity index is 762. The number of anilines is 2. The van der Waals surface area contributed by atoms with E-state index in [0.29, 0.717) is 17.1 Å². The van der Waals surface area contributed by atoms with Crippen LogP contribution in [-0.4, -0.2) is 62.1 Å². The van der Waals surface area contributed by atoms with Crippen LogP contribution in [0.3, 0.4) is 0 Å². The zero-order valence-corrected chi connectivity index (χ0v) is 15.6.